The lowest BCUT2D eigenvalue weighted by Crippen LogP contribution is -2.14. The summed E-state index contributed by atoms with van der Waals surface area (Å²) in [7, 11) is 0. The van der Waals surface area contributed by atoms with Gasteiger partial charge in [0.15, 0.2) is 0 Å². The number of amides is 1. The fourth-order valence-electron chi connectivity index (χ4n) is 1.53. The second-order valence-corrected chi connectivity index (χ2v) is 5.81. The minimum absolute atomic E-state index is 0.0369. The zero-order chi connectivity index (χ0) is 15.6. The van der Waals surface area contributed by atoms with Crippen LogP contribution in [0.2, 0.25) is 0 Å². The van der Waals surface area contributed by atoms with Gasteiger partial charge >= 0.3 is 6.18 Å². The van der Waals surface area contributed by atoms with E-state index in [1.165, 1.54) is 24.5 Å². The van der Waals surface area contributed by atoms with Gasteiger partial charge in [-0.2, -0.15) is 13.2 Å². The molecule has 8 heteroatoms. The molecule has 1 aromatic heterocycles. The van der Waals surface area contributed by atoms with Crippen molar-refractivity contribution in [1.29, 1.82) is 0 Å². The number of carbonyl (C=O) groups is 1. The van der Waals surface area contributed by atoms with E-state index in [0.29, 0.717) is 8.95 Å². The summed E-state index contributed by atoms with van der Waals surface area (Å²) in [6.07, 6.45) is -1.66. The molecule has 0 fully saturated rings. The van der Waals surface area contributed by atoms with E-state index in [1.54, 1.807) is 0 Å². The Bertz CT molecular complexity index is 689. The standard InChI is InChI=1S/C13H7Br2F3N2O/c14-9-3-7(5-19-6-9)12(21)20-11-4-8(13(16,17)18)1-2-10(11)15/h1-6H,(H,20,21). The van der Waals surface area contributed by atoms with Crippen LogP contribution in [0.5, 0.6) is 0 Å². The first-order valence-electron chi connectivity index (χ1n) is 5.56. The smallest absolute Gasteiger partial charge is 0.321 e. The third-order valence-electron chi connectivity index (χ3n) is 2.51. The summed E-state index contributed by atoms with van der Waals surface area (Å²) in [5.41, 5.74) is -0.572. The van der Waals surface area contributed by atoms with Crippen LogP contribution in [0, 0.1) is 0 Å². The number of aromatic nitrogens is 1. The second-order valence-electron chi connectivity index (χ2n) is 4.04. The monoisotopic (exact) mass is 422 g/mol. The highest BCUT2D eigenvalue weighted by Gasteiger charge is 2.31. The Balaban J connectivity index is 2.29. The number of carbonyl (C=O) groups excluding carboxylic acids is 1. The Morgan fingerprint density at radius 3 is 2.48 bits per heavy atom. The van der Waals surface area contributed by atoms with Crippen molar-refractivity contribution in [3.05, 3.63) is 56.7 Å². The van der Waals surface area contributed by atoms with Crippen molar-refractivity contribution in [2.24, 2.45) is 0 Å². The lowest BCUT2D eigenvalue weighted by atomic mass is 10.2. The first-order chi connectivity index (χ1) is 9.77. The van der Waals surface area contributed by atoms with Crippen LogP contribution < -0.4 is 5.32 Å². The number of hydrogen-bond acceptors (Lipinski definition) is 2. The van der Waals surface area contributed by atoms with Gasteiger partial charge in [-0.15, -0.1) is 0 Å². The number of benzene rings is 1. The summed E-state index contributed by atoms with van der Waals surface area (Å²) < 4.78 is 39.0. The molecular weight excluding hydrogens is 417 g/mol. The van der Waals surface area contributed by atoms with Crippen molar-refractivity contribution in [3.63, 3.8) is 0 Å². The Hall–Kier alpha value is -1.41. The summed E-state index contributed by atoms with van der Waals surface area (Å²) >= 11 is 6.27. The lowest BCUT2D eigenvalue weighted by molar-refractivity contribution is -0.137. The van der Waals surface area contributed by atoms with Gasteiger partial charge in [0.1, 0.15) is 0 Å². The van der Waals surface area contributed by atoms with Crippen molar-refractivity contribution in [1.82, 2.24) is 4.98 Å². The molecule has 1 N–H and O–H groups in total. The maximum absolute atomic E-state index is 12.7. The highest BCUT2D eigenvalue weighted by atomic mass is 79.9. The van der Waals surface area contributed by atoms with Crippen LogP contribution >= 0.6 is 31.9 Å². The van der Waals surface area contributed by atoms with E-state index in [-0.39, 0.29) is 11.3 Å². The molecule has 2 aromatic rings. The predicted molar refractivity (Wildman–Crippen MR) is 79.0 cm³/mol. The number of alkyl halides is 3. The van der Waals surface area contributed by atoms with Gasteiger partial charge in [-0.05, 0) is 56.1 Å². The average Bonchev–Trinajstić information content (AvgIpc) is 2.40. The van der Waals surface area contributed by atoms with E-state index in [2.05, 4.69) is 42.2 Å². The molecule has 1 aromatic carbocycles. The van der Waals surface area contributed by atoms with Crippen LogP contribution in [-0.2, 0) is 6.18 Å². The van der Waals surface area contributed by atoms with Crippen LogP contribution in [0.15, 0.2) is 45.6 Å². The average molecular weight is 424 g/mol. The molecule has 0 bridgehead atoms. The van der Waals surface area contributed by atoms with E-state index < -0.39 is 17.6 Å². The summed E-state index contributed by atoms with van der Waals surface area (Å²) in [5.74, 6) is -0.552. The largest absolute Gasteiger partial charge is 0.416 e. The van der Waals surface area contributed by atoms with Crippen molar-refractivity contribution in [3.8, 4) is 0 Å². The molecule has 0 saturated carbocycles. The third-order valence-corrected chi connectivity index (χ3v) is 3.63. The number of nitrogens with one attached hydrogen (secondary N) is 1. The molecule has 21 heavy (non-hydrogen) atoms. The highest BCUT2D eigenvalue weighted by molar-refractivity contribution is 9.10. The number of halogens is 5. The second kappa shape index (κ2) is 6.15. The van der Waals surface area contributed by atoms with Crippen molar-refractivity contribution < 1.29 is 18.0 Å². The zero-order valence-corrected chi connectivity index (χ0v) is 13.4. The number of hydrogen-bond donors (Lipinski definition) is 1. The molecule has 1 heterocycles. The number of pyridine rings is 1. The Kier molecular flexibility index (Phi) is 4.67. The maximum Gasteiger partial charge on any atom is 0.416 e. The number of nitrogens with zero attached hydrogens (tertiary/aromatic N) is 1. The fraction of sp³-hybridized carbons (Fsp3) is 0.0769. The Morgan fingerprint density at radius 2 is 1.86 bits per heavy atom. The minimum Gasteiger partial charge on any atom is -0.321 e. The van der Waals surface area contributed by atoms with E-state index in [1.807, 2.05) is 0 Å². The summed E-state index contributed by atoms with van der Waals surface area (Å²) in [5, 5.41) is 2.42. The number of rotatable bonds is 2. The zero-order valence-electron chi connectivity index (χ0n) is 10.2. The van der Waals surface area contributed by atoms with Crippen LogP contribution in [-0.4, -0.2) is 10.9 Å². The predicted octanol–water partition coefficient (Wildman–Crippen LogP) is 4.88. The van der Waals surface area contributed by atoms with Crippen molar-refractivity contribution in [2.45, 2.75) is 6.18 Å². The van der Waals surface area contributed by atoms with Gasteiger partial charge in [-0.25, -0.2) is 0 Å². The molecule has 0 aliphatic rings. The number of anilines is 1. The fourth-order valence-corrected chi connectivity index (χ4v) is 2.24. The summed E-state index contributed by atoms with van der Waals surface area (Å²) in [4.78, 5) is 15.8. The molecule has 1 amide bonds. The molecule has 0 spiro atoms. The van der Waals surface area contributed by atoms with Crippen LogP contribution in [0.25, 0.3) is 0 Å². The Labute approximate surface area is 134 Å². The van der Waals surface area contributed by atoms with Gasteiger partial charge in [0, 0.05) is 21.3 Å². The van der Waals surface area contributed by atoms with Gasteiger partial charge < -0.3 is 5.32 Å². The molecule has 2 rings (SSSR count). The first-order valence-corrected chi connectivity index (χ1v) is 7.14. The van der Waals surface area contributed by atoms with Crippen LogP contribution in [0.4, 0.5) is 18.9 Å². The molecule has 3 nitrogen and oxygen atoms in total. The molecule has 110 valence electrons. The quantitative estimate of drug-likeness (QED) is 0.748. The van der Waals surface area contributed by atoms with E-state index >= 15 is 0 Å². The molecule has 0 atom stereocenters. The minimum atomic E-state index is -4.47. The molecule has 0 aliphatic carbocycles. The summed E-state index contributed by atoms with van der Waals surface area (Å²) in [6.45, 7) is 0. The normalized spacial score (nSPS) is 11.3. The van der Waals surface area contributed by atoms with Crippen molar-refractivity contribution >= 4 is 43.5 Å². The van der Waals surface area contributed by atoms with Gasteiger partial charge in [-0.1, -0.05) is 0 Å². The lowest BCUT2D eigenvalue weighted by Gasteiger charge is -2.11. The highest BCUT2D eigenvalue weighted by Crippen LogP contribution is 2.34. The van der Waals surface area contributed by atoms with Gasteiger partial charge in [0.05, 0.1) is 16.8 Å². The maximum atomic E-state index is 12.7. The third kappa shape index (κ3) is 4.04. The molecule has 0 aliphatic heterocycles. The van der Waals surface area contributed by atoms with E-state index in [4.69, 9.17) is 0 Å². The van der Waals surface area contributed by atoms with Gasteiger partial charge in [-0.3, -0.25) is 9.78 Å². The van der Waals surface area contributed by atoms with Crippen LogP contribution in [0.3, 0.4) is 0 Å². The van der Waals surface area contributed by atoms with Crippen molar-refractivity contribution in [2.75, 3.05) is 5.32 Å². The van der Waals surface area contributed by atoms with E-state index in [0.717, 1.165) is 12.1 Å². The topological polar surface area (TPSA) is 42.0 Å². The molecule has 0 unspecified atom stereocenters. The van der Waals surface area contributed by atoms with Gasteiger partial charge in [0.25, 0.3) is 5.91 Å². The molecule has 0 saturated heterocycles. The van der Waals surface area contributed by atoms with Crippen LogP contribution in [0.1, 0.15) is 15.9 Å². The van der Waals surface area contributed by atoms with E-state index in [9.17, 15) is 18.0 Å². The van der Waals surface area contributed by atoms with Gasteiger partial charge in [0.2, 0.25) is 0 Å². The summed E-state index contributed by atoms with van der Waals surface area (Å²) in [6, 6.07) is 4.55. The first kappa shape index (κ1) is 16.0. The SMILES string of the molecule is O=C(Nc1cc(C(F)(F)F)ccc1Br)c1cncc(Br)c1. The Morgan fingerprint density at radius 1 is 1.14 bits per heavy atom. The molecule has 0 radical (unpaired) electrons. The molecular formula is C13H7Br2F3N2O.